The lowest BCUT2D eigenvalue weighted by Gasteiger charge is -2.13. The van der Waals surface area contributed by atoms with Gasteiger partial charge in [0.15, 0.2) is 5.69 Å². The minimum Gasteiger partial charge on any atom is -0.481 e. The van der Waals surface area contributed by atoms with E-state index in [-0.39, 0.29) is 24.6 Å². The van der Waals surface area contributed by atoms with Gasteiger partial charge in [-0.25, -0.2) is 0 Å². The van der Waals surface area contributed by atoms with Gasteiger partial charge in [0.2, 0.25) is 0 Å². The Morgan fingerprint density at radius 2 is 2.00 bits per heavy atom. The first-order valence-electron chi connectivity index (χ1n) is 6.03. The molecule has 2 rings (SSSR count). The van der Waals surface area contributed by atoms with Gasteiger partial charge in [-0.3, -0.25) is 9.59 Å². The first kappa shape index (κ1) is 13.7. The summed E-state index contributed by atoms with van der Waals surface area (Å²) in [7, 11) is 1.53. The largest absolute Gasteiger partial charge is 0.481 e. The summed E-state index contributed by atoms with van der Waals surface area (Å²) in [6.07, 6.45) is 1.27. The van der Waals surface area contributed by atoms with E-state index in [2.05, 4.69) is 10.2 Å². The molecule has 1 aromatic heterocycles. The van der Waals surface area contributed by atoms with Crippen LogP contribution in [0.4, 0.5) is 0 Å². The van der Waals surface area contributed by atoms with Crippen molar-refractivity contribution in [3.05, 3.63) is 42.2 Å². The predicted molar refractivity (Wildman–Crippen MR) is 70.6 cm³/mol. The Balaban J connectivity index is 2.08. The van der Waals surface area contributed by atoms with Gasteiger partial charge in [0, 0.05) is 13.6 Å². The van der Waals surface area contributed by atoms with Crippen molar-refractivity contribution >= 4 is 11.9 Å². The number of hydrogen-bond acceptors (Lipinski definition) is 4. The van der Waals surface area contributed by atoms with Crippen molar-refractivity contribution < 1.29 is 14.7 Å². The van der Waals surface area contributed by atoms with Gasteiger partial charge in [-0.05, 0) is 12.1 Å². The molecule has 1 N–H and O–H groups in total. The number of rotatable bonds is 5. The van der Waals surface area contributed by atoms with E-state index < -0.39 is 5.97 Å². The minimum atomic E-state index is -0.947. The third kappa shape index (κ3) is 3.19. The fraction of sp³-hybridized carbons (Fsp3) is 0.231. The summed E-state index contributed by atoms with van der Waals surface area (Å²) < 4.78 is 0. The SMILES string of the molecule is CN(CCC(=O)O)C(=O)c1cnn(-c2ccccc2)n1. The zero-order chi connectivity index (χ0) is 14.5. The molecule has 0 radical (unpaired) electrons. The third-order valence-electron chi connectivity index (χ3n) is 2.71. The van der Waals surface area contributed by atoms with Crippen molar-refractivity contribution in [2.24, 2.45) is 0 Å². The van der Waals surface area contributed by atoms with E-state index in [0.717, 1.165) is 5.69 Å². The molecule has 1 aromatic carbocycles. The van der Waals surface area contributed by atoms with E-state index in [0.29, 0.717) is 0 Å². The average Bonchev–Trinajstić information content (AvgIpc) is 2.94. The molecule has 0 bridgehead atoms. The molecule has 1 heterocycles. The zero-order valence-electron chi connectivity index (χ0n) is 10.9. The molecule has 2 aromatic rings. The second-order valence-corrected chi connectivity index (χ2v) is 4.23. The lowest BCUT2D eigenvalue weighted by molar-refractivity contribution is -0.137. The Bertz CT molecular complexity index is 609. The lowest BCUT2D eigenvalue weighted by Crippen LogP contribution is -2.29. The molecule has 1 amide bonds. The van der Waals surface area contributed by atoms with E-state index in [1.165, 1.54) is 22.9 Å². The van der Waals surface area contributed by atoms with Gasteiger partial charge in [0.1, 0.15) is 0 Å². The molecule has 104 valence electrons. The first-order chi connectivity index (χ1) is 9.58. The van der Waals surface area contributed by atoms with E-state index in [1.54, 1.807) is 0 Å². The highest BCUT2D eigenvalue weighted by atomic mass is 16.4. The Kier molecular flexibility index (Phi) is 4.09. The van der Waals surface area contributed by atoms with Crippen LogP contribution < -0.4 is 0 Å². The number of nitrogens with zero attached hydrogens (tertiary/aromatic N) is 4. The van der Waals surface area contributed by atoms with E-state index in [9.17, 15) is 9.59 Å². The number of carboxylic acid groups (broad SMARTS) is 1. The number of amides is 1. The number of benzene rings is 1. The van der Waals surface area contributed by atoms with Gasteiger partial charge in [-0.1, -0.05) is 18.2 Å². The molecule has 0 unspecified atom stereocenters. The van der Waals surface area contributed by atoms with Crippen LogP contribution in [-0.4, -0.2) is 50.5 Å². The minimum absolute atomic E-state index is 0.102. The number of carboxylic acids is 1. The molecule has 7 heteroatoms. The maximum absolute atomic E-state index is 12.0. The standard InChI is InChI=1S/C13H14N4O3/c1-16(8-7-12(18)19)13(20)11-9-14-17(15-11)10-5-3-2-4-6-10/h2-6,9H,7-8H2,1H3,(H,18,19). The van der Waals surface area contributed by atoms with Crippen LogP contribution in [0.15, 0.2) is 36.5 Å². The summed E-state index contributed by atoms with van der Waals surface area (Å²) in [6, 6.07) is 9.21. The fourth-order valence-corrected chi connectivity index (χ4v) is 1.61. The molecule has 0 spiro atoms. The average molecular weight is 274 g/mol. The lowest BCUT2D eigenvalue weighted by atomic mass is 10.3. The van der Waals surface area contributed by atoms with Crippen LogP contribution in [0, 0.1) is 0 Å². The Morgan fingerprint density at radius 1 is 1.30 bits per heavy atom. The summed E-state index contributed by atoms with van der Waals surface area (Å²) in [5.74, 6) is -1.30. The molecule has 0 aliphatic rings. The van der Waals surface area contributed by atoms with Crippen LogP contribution in [0.2, 0.25) is 0 Å². The molecule has 0 saturated heterocycles. The van der Waals surface area contributed by atoms with Crippen molar-refractivity contribution in [2.45, 2.75) is 6.42 Å². The summed E-state index contributed by atoms with van der Waals surface area (Å²) in [5.41, 5.74) is 0.932. The normalized spacial score (nSPS) is 10.2. The van der Waals surface area contributed by atoms with Crippen LogP contribution in [-0.2, 0) is 4.79 Å². The van der Waals surface area contributed by atoms with Crippen LogP contribution in [0.25, 0.3) is 5.69 Å². The van der Waals surface area contributed by atoms with E-state index >= 15 is 0 Å². The molecule has 0 aliphatic heterocycles. The van der Waals surface area contributed by atoms with Gasteiger partial charge < -0.3 is 10.0 Å². The van der Waals surface area contributed by atoms with Gasteiger partial charge in [-0.15, -0.1) is 5.10 Å². The number of aromatic nitrogens is 3. The van der Waals surface area contributed by atoms with Crippen molar-refractivity contribution in [2.75, 3.05) is 13.6 Å². The molecule has 0 atom stereocenters. The zero-order valence-corrected chi connectivity index (χ0v) is 10.9. The Morgan fingerprint density at radius 3 is 2.65 bits per heavy atom. The molecular formula is C13H14N4O3. The highest BCUT2D eigenvalue weighted by molar-refractivity contribution is 5.91. The quantitative estimate of drug-likeness (QED) is 0.871. The van der Waals surface area contributed by atoms with Crippen LogP contribution >= 0.6 is 0 Å². The van der Waals surface area contributed by atoms with Gasteiger partial charge in [0.05, 0.1) is 18.3 Å². The summed E-state index contributed by atoms with van der Waals surface area (Å²) in [5, 5.41) is 16.7. The van der Waals surface area contributed by atoms with Gasteiger partial charge in [0.25, 0.3) is 5.91 Å². The second kappa shape index (κ2) is 5.96. The monoisotopic (exact) mass is 274 g/mol. The van der Waals surface area contributed by atoms with Crippen LogP contribution in [0.1, 0.15) is 16.9 Å². The smallest absolute Gasteiger partial charge is 0.305 e. The molecule has 7 nitrogen and oxygen atoms in total. The first-order valence-corrected chi connectivity index (χ1v) is 6.03. The fourth-order valence-electron chi connectivity index (χ4n) is 1.61. The second-order valence-electron chi connectivity index (χ2n) is 4.23. The molecule has 20 heavy (non-hydrogen) atoms. The van der Waals surface area contributed by atoms with Gasteiger partial charge >= 0.3 is 5.97 Å². The molecule has 0 saturated carbocycles. The topological polar surface area (TPSA) is 88.3 Å². The van der Waals surface area contributed by atoms with E-state index in [1.807, 2.05) is 30.3 Å². The van der Waals surface area contributed by atoms with Crippen molar-refractivity contribution in [3.8, 4) is 5.69 Å². The van der Waals surface area contributed by atoms with Crippen molar-refractivity contribution in [3.63, 3.8) is 0 Å². The Labute approximate surface area is 115 Å². The molecule has 0 aliphatic carbocycles. The van der Waals surface area contributed by atoms with Crippen LogP contribution in [0.3, 0.4) is 0 Å². The molecular weight excluding hydrogens is 260 g/mol. The predicted octanol–water partition coefficient (Wildman–Crippen LogP) is 0.814. The summed E-state index contributed by atoms with van der Waals surface area (Å²) in [6.45, 7) is 0.131. The number of carbonyl (C=O) groups is 2. The Hall–Kier alpha value is -2.70. The maximum Gasteiger partial charge on any atom is 0.305 e. The third-order valence-corrected chi connectivity index (χ3v) is 2.71. The number of para-hydroxylation sites is 1. The highest BCUT2D eigenvalue weighted by Crippen LogP contribution is 2.06. The molecule has 0 fully saturated rings. The van der Waals surface area contributed by atoms with E-state index in [4.69, 9.17) is 5.11 Å². The van der Waals surface area contributed by atoms with Crippen LogP contribution in [0.5, 0.6) is 0 Å². The van der Waals surface area contributed by atoms with Crippen molar-refractivity contribution in [1.29, 1.82) is 0 Å². The highest BCUT2D eigenvalue weighted by Gasteiger charge is 2.16. The van der Waals surface area contributed by atoms with Gasteiger partial charge in [-0.2, -0.15) is 9.90 Å². The summed E-state index contributed by atoms with van der Waals surface area (Å²) >= 11 is 0. The number of hydrogen-bond donors (Lipinski definition) is 1. The number of carbonyl (C=O) groups excluding carboxylic acids is 1. The number of aliphatic carboxylic acids is 1. The summed E-state index contributed by atoms with van der Waals surface area (Å²) in [4.78, 5) is 25.2. The van der Waals surface area contributed by atoms with Crippen molar-refractivity contribution in [1.82, 2.24) is 19.9 Å². The maximum atomic E-state index is 12.0.